The molecule has 7 heteroatoms. The topological polar surface area (TPSA) is 66.5 Å². The summed E-state index contributed by atoms with van der Waals surface area (Å²) in [5.74, 6) is 0.359. The first kappa shape index (κ1) is 17.2. The second-order valence-electron chi connectivity index (χ2n) is 5.79. The molecule has 0 saturated carbocycles. The fourth-order valence-electron chi connectivity index (χ4n) is 2.56. The fraction of sp³-hybridized carbons (Fsp3) is 0.533. The number of carbonyl (C=O) groups excluding carboxylic acids is 1. The van der Waals surface area contributed by atoms with E-state index in [4.69, 9.17) is 11.6 Å². The summed E-state index contributed by atoms with van der Waals surface area (Å²) in [4.78, 5) is 14.0. The largest absolute Gasteiger partial charge is 0.326 e. The van der Waals surface area contributed by atoms with Crippen molar-refractivity contribution in [1.29, 1.82) is 0 Å². The van der Waals surface area contributed by atoms with Crippen LogP contribution < -0.4 is 5.32 Å². The SMILES string of the molecule is Cc1cc(Cl)ccc1NC(=O)CCN(C)C1CCS(=O)(=O)C1. The van der Waals surface area contributed by atoms with Crippen molar-refractivity contribution in [1.82, 2.24) is 4.90 Å². The molecule has 1 N–H and O–H groups in total. The van der Waals surface area contributed by atoms with Crippen LogP contribution in [0.1, 0.15) is 18.4 Å². The molecule has 1 atom stereocenters. The predicted octanol–water partition coefficient (Wildman–Crippen LogP) is 2.10. The van der Waals surface area contributed by atoms with Crippen LogP contribution in [0.5, 0.6) is 0 Å². The first-order valence-corrected chi connectivity index (χ1v) is 9.43. The third-order valence-electron chi connectivity index (χ3n) is 3.99. The molecule has 5 nitrogen and oxygen atoms in total. The Labute approximate surface area is 136 Å². The maximum absolute atomic E-state index is 12.0. The predicted molar refractivity (Wildman–Crippen MR) is 89.1 cm³/mol. The molecule has 1 aromatic rings. The standard InChI is InChI=1S/C15H21ClN2O3S/c1-11-9-12(16)3-4-14(11)17-15(19)5-7-18(2)13-6-8-22(20,21)10-13/h3-4,9,13H,5-8,10H2,1-2H3,(H,17,19). The lowest BCUT2D eigenvalue weighted by Crippen LogP contribution is -2.35. The molecule has 1 unspecified atom stereocenters. The number of nitrogens with one attached hydrogen (secondary N) is 1. The molecule has 1 heterocycles. The number of hydrogen-bond acceptors (Lipinski definition) is 4. The van der Waals surface area contributed by atoms with Gasteiger partial charge in [0.2, 0.25) is 5.91 Å². The van der Waals surface area contributed by atoms with Crippen molar-refractivity contribution in [2.75, 3.05) is 30.4 Å². The molecule has 1 amide bonds. The highest BCUT2D eigenvalue weighted by molar-refractivity contribution is 7.91. The Hall–Kier alpha value is -1.11. The number of aryl methyl sites for hydroxylation is 1. The van der Waals surface area contributed by atoms with Gasteiger partial charge in [-0.05, 0) is 44.2 Å². The number of sulfone groups is 1. The average molecular weight is 345 g/mol. The lowest BCUT2D eigenvalue weighted by Gasteiger charge is -2.22. The zero-order valence-corrected chi connectivity index (χ0v) is 14.4. The first-order valence-electron chi connectivity index (χ1n) is 7.23. The molecule has 0 aliphatic carbocycles. The van der Waals surface area contributed by atoms with Crippen LogP contribution in [0.25, 0.3) is 0 Å². The summed E-state index contributed by atoms with van der Waals surface area (Å²) in [6.07, 6.45) is 0.978. The maximum Gasteiger partial charge on any atom is 0.225 e. The van der Waals surface area contributed by atoms with Gasteiger partial charge in [0.25, 0.3) is 0 Å². The van der Waals surface area contributed by atoms with E-state index in [1.54, 1.807) is 18.2 Å². The average Bonchev–Trinajstić information content (AvgIpc) is 2.80. The second-order valence-corrected chi connectivity index (χ2v) is 8.46. The molecule has 22 heavy (non-hydrogen) atoms. The Balaban J connectivity index is 1.82. The molecular formula is C15H21ClN2O3S. The van der Waals surface area contributed by atoms with Crippen molar-refractivity contribution >= 4 is 33.0 Å². The van der Waals surface area contributed by atoms with Crippen molar-refractivity contribution in [2.24, 2.45) is 0 Å². The van der Waals surface area contributed by atoms with E-state index in [1.807, 2.05) is 18.9 Å². The van der Waals surface area contributed by atoms with Gasteiger partial charge in [-0.15, -0.1) is 0 Å². The van der Waals surface area contributed by atoms with E-state index in [1.165, 1.54) is 0 Å². The third-order valence-corrected chi connectivity index (χ3v) is 5.97. The lowest BCUT2D eigenvalue weighted by molar-refractivity contribution is -0.116. The summed E-state index contributed by atoms with van der Waals surface area (Å²) >= 11 is 5.88. The number of benzene rings is 1. The van der Waals surface area contributed by atoms with Gasteiger partial charge in [-0.3, -0.25) is 4.79 Å². The summed E-state index contributed by atoms with van der Waals surface area (Å²) in [5, 5.41) is 3.49. The summed E-state index contributed by atoms with van der Waals surface area (Å²) in [6.45, 7) is 2.43. The number of amides is 1. The minimum atomic E-state index is -2.89. The number of anilines is 1. The zero-order chi connectivity index (χ0) is 16.3. The monoisotopic (exact) mass is 344 g/mol. The third kappa shape index (κ3) is 4.69. The van der Waals surface area contributed by atoms with Crippen LogP contribution >= 0.6 is 11.6 Å². The number of carbonyl (C=O) groups is 1. The van der Waals surface area contributed by atoms with Gasteiger partial charge in [0.1, 0.15) is 0 Å². The van der Waals surface area contributed by atoms with Crippen LogP contribution in [-0.4, -0.2) is 50.4 Å². The lowest BCUT2D eigenvalue weighted by atomic mass is 10.2. The molecule has 2 rings (SSSR count). The van der Waals surface area contributed by atoms with Crippen molar-refractivity contribution < 1.29 is 13.2 Å². The van der Waals surface area contributed by atoms with E-state index >= 15 is 0 Å². The fourth-order valence-corrected chi connectivity index (χ4v) is 4.60. The number of rotatable bonds is 5. The quantitative estimate of drug-likeness (QED) is 0.888. The summed E-state index contributed by atoms with van der Waals surface area (Å²) in [6, 6.07) is 5.34. The molecule has 1 saturated heterocycles. The normalized spacial score (nSPS) is 20.3. The molecule has 1 fully saturated rings. The second kappa shape index (κ2) is 6.98. The Morgan fingerprint density at radius 2 is 2.18 bits per heavy atom. The minimum Gasteiger partial charge on any atom is -0.326 e. The van der Waals surface area contributed by atoms with Crippen LogP contribution in [0.2, 0.25) is 5.02 Å². The Kier molecular flexibility index (Phi) is 5.47. The van der Waals surface area contributed by atoms with Gasteiger partial charge in [0, 0.05) is 29.7 Å². The molecule has 1 aromatic carbocycles. The van der Waals surface area contributed by atoms with Crippen LogP contribution in [0.4, 0.5) is 5.69 Å². The molecule has 0 aromatic heterocycles. The van der Waals surface area contributed by atoms with Gasteiger partial charge in [0.05, 0.1) is 11.5 Å². The zero-order valence-electron chi connectivity index (χ0n) is 12.8. The molecule has 0 radical (unpaired) electrons. The van der Waals surface area contributed by atoms with Crippen LogP contribution in [0, 0.1) is 6.92 Å². The summed E-state index contributed by atoms with van der Waals surface area (Å²) < 4.78 is 22.9. The highest BCUT2D eigenvalue weighted by Gasteiger charge is 2.30. The van der Waals surface area contributed by atoms with Gasteiger partial charge in [0.15, 0.2) is 9.84 Å². The van der Waals surface area contributed by atoms with E-state index in [0.29, 0.717) is 24.4 Å². The summed E-state index contributed by atoms with van der Waals surface area (Å²) in [5.41, 5.74) is 1.66. The van der Waals surface area contributed by atoms with Crippen molar-refractivity contribution in [3.05, 3.63) is 28.8 Å². The van der Waals surface area contributed by atoms with Crippen molar-refractivity contribution in [3.8, 4) is 0 Å². The molecular weight excluding hydrogens is 324 g/mol. The summed E-state index contributed by atoms with van der Waals surface area (Å²) in [7, 11) is -1.02. The van der Waals surface area contributed by atoms with Crippen LogP contribution in [-0.2, 0) is 14.6 Å². The number of hydrogen-bond donors (Lipinski definition) is 1. The molecule has 0 bridgehead atoms. The van der Waals surface area contributed by atoms with Crippen molar-refractivity contribution in [3.63, 3.8) is 0 Å². The van der Waals surface area contributed by atoms with E-state index in [9.17, 15) is 13.2 Å². The van der Waals surface area contributed by atoms with Crippen molar-refractivity contribution in [2.45, 2.75) is 25.8 Å². The minimum absolute atomic E-state index is 0.0232. The number of nitrogens with zero attached hydrogens (tertiary/aromatic N) is 1. The smallest absolute Gasteiger partial charge is 0.225 e. The van der Waals surface area contributed by atoms with Gasteiger partial charge in [-0.2, -0.15) is 0 Å². The van der Waals surface area contributed by atoms with E-state index in [2.05, 4.69) is 5.32 Å². The first-order chi connectivity index (χ1) is 10.3. The maximum atomic E-state index is 12.0. The molecule has 1 aliphatic heterocycles. The number of halogens is 1. The molecule has 1 aliphatic rings. The van der Waals surface area contributed by atoms with Crippen LogP contribution in [0.3, 0.4) is 0 Å². The highest BCUT2D eigenvalue weighted by atomic mass is 35.5. The van der Waals surface area contributed by atoms with E-state index < -0.39 is 9.84 Å². The molecule has 122 valence electrons. The Bertz CT molecular complexity index is 661. The van der Waals surface area contributed by atoms with Gasteiger partial charge >= 0.3 is 0 Å². The van der Waals surface area contributed by atoms with E-state index in [0.717, 1.165) is 11.3 Å². The molecule has 0 spiro atoms. The van der Waals surface area contributed by atoms with Gasteiger partial charge in [-0.1, -0.05) is 11.6 Å². The van der Waals surface area contributed by atoms with Gasteiger partial charge < -0.3 is 10.2 Å². The van der Waals surface area contributed by atoms with E-state index in [-0.39, 0.29) is 23.5 Å². The Morgan fingerprint density at radius 1 is 1.45 bits per heavy atom. The highest BCUT2D eigenvalue weighted by Crippen LogP contribution is 2.20. The van der Waals surface area contributed by atoms with Crippen LogP contribution in [0.15, 0.2) is 18.2 Å². The van der Waals surface area contributed by atoms with Gasteiger partial charge in [-0.25, -0.2) is 8.42 Å². The Morgan fingerprint density at radius 3 is 2.77 bits per heavy atom.